The van der Waals surface area contributed by atoms with Crippen LogP contribution in [0.4, 0.5) is 4.39 Å². The smallest absolute Gasteiger partial charge is 0.219 e. The van der Waals surface area contributed by atoms with Gasteiger partial charge in [0.2, 0.25) is 5.91 Å². The molecule has 122 valence electrons. The Balaban J connectivity index is 1.83. The van der Waals surface area contributed by atoms with E-state index in [-0.39, 0.29) is 11.7 Å². The first-order chi connectivity index (χ1) is 11.6. The van der Waals surface area contributed by atoms with Crippen molar-refractivity contribution in [3.63, 3.8) is 0 Å². The third-order valence-corrected chi connectivity index (χ3v) is 4.71. The number of pyridine rings is 1. The highest BCUT2D eigenvalue weighted by Crippen LogP contribution is 2.30. The fraction of sp³-hybridized carbons (Fsp3) is 0.263. The summed E-state index contributed by atoms with van der Waals surface area (Å²) in [5, 5.41) is 1.15. The van der Waals surface area contributed by atoms with Crippen molar-refractivity contribution in [1.29, 1.82) is 0 Å². The Morgan fingerprint density at radius 1 is 1.25 bits per heavy atom. The zero-order chi connectivity index (χ0) is 16.7. The minimum absolute atomic E-state index is 0.0900. The van der Waals surface area contributed by atoms with Crippen LogP contribution in [-0.4, -0.2) is 26.9 Å². The molecule has 1 amide bonds. The molecule has 4 rings (SSSR count). The molecule has 0 aliphatic carbocycles. The van der Waals surface area contributed by atoms with E-state index in [0.717, 1.165) is 35.3 Å². The van der Waals surface area contributed by atoms with Crippen LogP contribution in [0.15, 0.2) is 42.6 Å². The summed E-state index contributed by atoms with van der Waals surface area (Å²) in [7, 11) is 0. The predicted molar refractivity (Wildman–Crippen MR) is 90.0 cm³/mol. The maximum Gasteiger partial charge on any atom is 0.219 e. The molecule has 3 heterocycles. The van der Waals surface area contributed by atoms with E-state index in [1.807, 2.05) is 11.0 Å². The lowest BCUT2D eigenvalue weighted by atomic mass is 10.0. The molecule has 2 aromatic heterocycles. The van der Waals surface area contributed by atoms with Gasteiger partial charge in [-0.3, -0.25) is 4.79 Å². The van der Waals surface area contributed by atoms with Gasteiger partial charge in [0.25, 0.3) is 0 Å². The van der Waals surface area contributed by atoms with Crippen molar-refractivity contribution in [2.24, 2.45) is 0 Å². The zero-order valence-corrected chi connectivity index (χ0v) is 13.5. The van der Waals surface area contributed by atoms with Gasteiger partial charge in [-0.25, -0.2) is 9.37 Å². The summed E-state index contributed by atoms with van der Waals surface area (Å²) in [6.45, 7) is 3.57. The first kappa shape index (κ1) is 14.9. The van der Waals surface area contributed by atoms with E-state index in [1.54, 1.807) is 25.3 Å². The normalized spacial score (nSPS) is 14.0. The molecular weight excluding hydrogens is 305 g/mol. The highest BCUT2D eigenvalue weighted by Gasteiger charge is 2.25. The molecule has 0 radical (unpaired) electrons. The molecule has 4 nitrogen and oxygen atoms in total. The summed E-state index contributed by atoms with van der Waals surface area (Å²) in [6, 6.07) is 10.6. The minimum Gasteiger partial charge on any atom is -0.337 e. The van der Waals surface area contributed by atoms with Crippen LogP contribution < -0.4 is 0 Å². The van der Waals surface area contributed by atoms with E-state index >= 15 is 0 Å². The maximum absolute atomic E-state index is 13.2. The van der Waals surface area contributed by atoms with Crippen LogP contribution in [0.5, 0.6) is 0 Å². The maximum atomic E-state index is 13.2. The molecule has 24 heavy (non-hydrogen) atoms. The molecule has 0 saturated heterocycles. The van der Waals surface area contributed by atoms with Gasteiger partial charge in [-0.05, 0) is 41.8 Å². The molecule has 1 aromatic carbocycles. The van der Waals surface area contributed by atoms with Crippen molar-refractivity contribution in [1.82, 2.24) is 14.5 Å². The summed E-state index contributed by atoms with van der Waals surface area (Å²) in [5.41, 5.74) is 4.35. The Hall–Kier alpha value is -2.69. The molecule has 0 N–H and O–H groups in total. The standard InChI is InChI=1S/C19H18FN3O/c1-13(24)22-10-8-16-17-3-2-9-21-19(17)23(18(16)12-22)11-14-4-6-15(20)7-5-14/h2-7,9H,8,10-12H2,1H3. The lowest BCUT2D eigenvalue weighted by Crippen LogP contribution is -2.35. The molecule has 3 aromatic rings. The average molecular weight is 323 g/mol. The number of carbonyl (C=O) groups is 1. The zero-order valence-electron chi connectivity index (χ0n) is 13.5. The van der Waals surface area contributed by atoms with Crippen LogP contribution in [0.3, 0.4) is 0 Å². The Bertz CT molecular complexity index is 914. The van der Waals surface area contributed by atoms with Gasteiger partial charge < -0.3 is 9.47 Å². The lowest BCUT2D eigenvalue weighted by molar-refractivity contribution is -0.129. The molecule has 5 heteroatoms. The topological polar surface area (TPSA) is 38.1 Å². The Labute approximate surface area is 139 Å². The summed E-state index contributed by atoms with van der Waals surface area (Å²) in [5.74, 6) is -0.147. The first-order valence-corrected chi connectivity index (χ1v) is 8.08. The average Bonchev–Trinajstić information content (AvgIpc) is 2.90. The highest BCUT2D eigenvalue weighted by atomic mass is 19.1. The van der Waals surface area contributed by atoms with Crippen LogP contribution in [-0.2, 0) is 24.3 Å². The molecule has 0 atom stereocenters. The van der Waals surface area contributed by atoms with E-state index in [2.05, 4.69) is 15.6 Å². The molecule has 0 bridgehead atoms. The summed E-state index contributed by atoms with van der Waals surface area (Å²) < 4.78 is 15.3. The molecule has 0 unspecified atom stereocenters. The van der Waals surface area contributed by atoms with E-state index in [9.17, 15) is 9.18 Å². The number of carbonyl (C=O) groups excluding carboxylic acids is 1. The third kappa shape index (κ3) is 2.46. The van der Waals surface area contributed by atoms with Crippen molar-refractivity contribution in [3.8, 4) is 0 Å². The Morgan fingerprint density at radius 3 is 2.79 bits per heavy atom. The Kier molecular flexibility index (Phi) is 3.56. The number of benzene rings is 1. The number of aromatic nitrogens is 2. The molecule has 0 saturated carbocycles. The number of nitrogens with zero attached hydrogens (tertiary/aromatic N) is 3. The van der Waals surface area contributed by atoms with Gasteiger partial charge in [0.05, 0.1) is 6.54 Å². The number of hydrogen-bond donors (Lipinski definition) is 0. The number of fused-ring (bicyclic) bond motifs is 3. The fourth-order valence-electron chi connectivity index (χ4n) is 3.47. The monoisotopic (exact) mass is 323 g/mol. The number of hydrogen-bond acceptors (Lipinski definition) is 2. The van der Waals surface area contributed by atoms with Crippen molar-refractivity contribution in [2.75, 3.05) is 6.54 Å². The second-order valence-electron chi connectivity index (χ2n) is 6.20. The van der Waals surface area contributed by atoms with Gasteiger partial charge in [0.15, 0.2) is 0 Å². The number of amides is 1. The molecule has 1 aliphatic heterocycles. The van der Waals surface area contributed by atoms with E-state index in [4.69, 9.17) is 0 Å². The Morgan fingerprint density at radius 2 is 2.04 bits per heavy atom. The molecule has 0 spiro atoms. The third-order valence-electron chi connectivity index (χ3n) is 4.71. The van der Waals surface area contributed by atoms with E-state index in [0.29, 0.717) is 13.1 Å². The number of halogens is 1. The summed E-state index contributed by atoms with van der Waals surface area (Å²) >= 11 is 0. The second kappa shape index (κ2) is 5.74. The van der Waals surface area contributed by atoms with Crippen LogP contribution in [0.25, 0.3) is 11.0 Å². The highest BCUT2D eigenvalue weighted by molar-refractivity contribution is 5.83. The van der Waals surface area contributed by atoms with Gasteiger partial charge in [-0.2, -0.15) is 0 Å². The van der Waals surface area contributed by atoms with Crippen LogP contribution in [0.2, 0.25) is 0 Å². The van der Waals surface area contributed by atoms with Gasteiger partial charge in [0, 0.05) is 37.3 Å². The van der Waals surface area contributed by atoms with Gasteiger partial charge >= 0.3 is 0 Å². The summed E-state index contributed by atoms with van der Waals surface area (Å²) in [6.07, 6.45) is 2.63. The molecule has 0 fully saturated rings. The van der Waals surface area contributed by atoms with Crippen molar-refractivity contribution in [2.45, 2.75) is 26.4 Å². The molecular formula is C19H18FN3O. The fourth-order valence-corrected chi connectivity index (χ4v) is 3.47. The quantitative estimate of drug-likeness (QED) is 0.727. The summed E-state index contributed by atoms with van der Waals surface area (Å²) in [4.78, 5) is 18.2. The number of rotatable bonds is 2. The van der Waals surface area contributed by atoms with Gasteiger partial charge in [0.1, 0.15) is 11.5 Å². The largest absolute Gasteiger partial charge is 0.337 e. The van der Waals surface area contributed by atoms with Crippen molar-refractivity contribution in [3.05, 3.63) is 65.2 Å². The predicted octanol–water partition coefficient (Wildman–Crippen LogP) is 3.13. The minimum atomic E-state index is -0.237. The SMILES string of the molecule is CC(=O)N1CCc2c(n(Cc3ccc(F)cc3)c3ncccc23)C1. The van der Waals surface area contributed by atoms with Crippen molar-refractivity contribution >= 4 is 16.9 Å². The van der Waals surface area contributed by atoms with Gasteiger partial charge in [-0.15, -0.1) is 0 Å². The van der Waals surface area contributed by atoms with Crippen LogP contribution >= 0.6 is 0 Å². The molecule has 1 aliphatic rings. The van der Waals surface area contributed by atoms with Gasteiger partial charge in [-0.1, -0.05) is 12.1 Å². The second-order valence-corrected chi connectivity index (χ2v) is 6.20. The van der Waals surface area contributed by atoms with Crippen LogP contribution in [0, 0.1) is 5.82 Å². The first-order valence-electron chi connectivity index (χ1n) is 8.08. The van der Waals surface area contributed by atoms with E-state index in [1.165, 1.54) is 17.7 Å². The van der Waals surface area contributed by atoms with Crippen molar-refractivity contribution < 1.29 is 9.18 Å². The van der Waals surface area contributed by atoms with E-state index < -0.39 is 0 Å². The van der Waals surface area contributed by atoms with Crippen LogP contribution in [0.1, 0.15) is 23.7 Å². The lowest BCUT2D eigenvalue weighted by Gasteiger charge is -2.27.